The van der Waals surface area contributed by atoms with Crippen LogP contribution in [0.2, 0.25) is 0 Å². The lowest BCUT2D eigenvalue weighted by Crippen LogP contribution is -1.96. The molecule has 0 bridgehead atoms. The Balaban J connectivity index is 2.02. The molecule has 0 saturated carbocycles. The number of fused-ring (bicyclic) bond motifs is 1. The minimum atomic E-state index is -0.662. The van der Waals surface area contributed by atoms with Crippen LogP contribution in [0.25, 0.3) is 10.9 Å². The zero-order chi connectivity index (χ0) is 15.7. The van der Waals surface area contributed by atoms with Crippen LogP contribution in [-0.2, 0) is 0 Å². The third-order valence-corrected chi connectivity index (χ3v) is 3.53. The normalized spacial score (nSPS) is 11.4. The van der Waals surface area contributed by atoms with E-state index in [4.69, 9.17) is 0 Å². The van der Waals surface area contributed by atoms with E-state index < -0.39 is 11.7 Å². The number of carbonyl (C=O) groups is 1. The molecule has 0 aliphatic rings. The van der Waals surface area contributed by atoms with Gasteiger partial charge in [-0.1, -0.05) is 6.07 Å². The Morgan fingerprint density at radius 3 is 2.91 bits per heavy atom. The number of aromatic amines is 1. The van der Waals surface area contributed by atoms with Gasteiger partial charge in [0.15, 0.2) is 5.69 Å². The van der Waals surface area contributed by atoms with Gasteiger partial charge in [0.05, 0.1) is 5.52 Å². The predicted octanol–water partition coefficient (Wildman–Crippen LogP) is 4.09. The fourth-order valence-corrected chi connectivity index (χ4v) is 2.46. The van der Waals surface area contributed by atoms with Gasteiger partial charge in [-0.3, -0.25) is 9.78 Å². The standard InChI is InChI=1S/C14H8BrFN4O2/c15-9-6-7(16)5-8-11(9)18-14(22)12(8)19-20-13(21)10-3-1-2-4-17-10/h1-6,18,22H. The van der Waals surface area contributed by atoms with Gasteiger partial charge in [0.2, 0.25) is 5.88 Å². The maximum Gasteiger partial charge on any atom is 0.313 e. The zero-order valence-electron chi connectivity index (χ0n) is 10.9. The largest absolute Gasteiger partial charge is 0.493 e. The van der Waals surface area contributed by atoms with E-state index in [9.17, 15) is 14.3 Å². The lowest BCUT2D eigenvalue weighted by Gasteiger charge is -1.95. The number of amides is 1. The summed E-state index contributed by atoms with van der Waals surface area (Å²) in [6.45, 7) is 0. The van der Waals surface area contributed by atoms with Crippen molar-refractivity contribution in [2.45, 2.75) is 0 Å². The van der Waals surface area contributed by atoms with Crippen molar-refractivity contribution in [1.82, 2.24) is 9.97 Å². The lowest BCUT2D eigenvalue weighted by atomic mass is 10.2. The Hall–Kier alpha value is -2.61. The van der Waals surface area contributed by atoms with Crippen LogP contribution in [0.5, 0.6) is 5.88 Å². The van der Waals surface area contributed by atoms with Crippen molar-refractivity contribution in [3.05, 3.63) is 52.5 Å². The highest BCUT2D eigenvalue weighted by Gasteiger charge is 2.15. The highest BCUT2D eigenvalue weighted by atomic mass is 79.9. The van der Waals surface area contributed by atoms with Crippen LogP contribution < -0.4 is 0 Å². The van der Waals surface area contributed by atoms with E-state index in [2.05, 4.69) is 36.1 Å². The molecule has 6 nitrogen and oxygen atoms in total. The summed E-state index contributed by atoms with van der Waals surface area (Å²) in [5, 5.41) is 17.4. The molecule has 2 heterocycles. The topological polar surface area (TPSA) is 90.7 Å². The molecule has 0 atom stereocenters. The van der Waals surface area contributed by atoms with Gasteiger partial charge in [0.1, 0.15) is 11.5 Å². The Kier molecular flexibility index (Phi) is 3.68. The fraction of sp³-hybridized carbons (Fsp3) is 0. The summed E-state index contributed by atoms with van der Waals surface area (Å²) in [5.41, 5.74) is 0.565. The molecule has 8 heteroatoms. The van der Waals surface area contributed by atoms with E-state index in [1.54, 1.807) is 12.1 Å². The van der Waals surface area contributed by atoms with Gasteiger partial charge in [-0.05, 0) is 40.2 Å². The molecule has 2 N–H and O–H groups in total. The summed E-state index contributed by atoms with van der Waals surface area (Å²) < 4.78 is 13.9. The summed E-state index contributed by atoms with van der Waals surface area (Å²) in [6, 6.07) is 7.24. The van der Waals surface area contributed by atoms with E-state index in [1.165, 1.54) is 24.4 Å². The van der Waals surface area contributed by atoms with Gasteiger partial charge in [-0.15, -0.1) is 10.2 Å². The van der Waals surface area contributed by atoms with Gasteiger partial charge in [0.25, 0.3) is 0 Å². The second-order valence-electron chi connectivity index (χ2n) is 4.35. The molecular formula is C14H8BrFN4O2. The molecule has 1 amide bonds. The van der Waals surface area contributed by atoms with E-state index in [-0.39, 0.29) is 17.3 Å². The predicted molar refractivity (Wildman–Crippen MR) is 80.7 cm³/mol. The fourth-order valence-electron chi connectivity index (χ4n) is 1.93. The highest BCUT2D eigenvalue weighted by Crippen LogP contribution is 2.39. The van der Waals surface area contributed by atoms with E-state index in [0.29, 0.717) is 15.4 Å². The molecule has 0 saturated heterocycles. The van der Waals surface area contributed by atoms with Crippen molar-refractivity contribution < 1.29 is 14.3 Å². The Labute approximate surface area is 131 Å². The van der Waals surface area contributed by atoms with E-state index >= 15 is 0 Å². The molecule has 3 aromatic rings. The molecule has 0 radical (unpaired) electrons. The van der Waals surface area contributed by atoms with Gasteiger partial charge >= 0.3 is 5.91 Å². The maximum atomic E-state index is 13.5. The van der Waals surface area contributed by atoms with Gasteiger partial charge in [0, 0.05) is 16.1 Å². The number of benzene rings is 1. The highest BCUT2D eigenvalue weighted by molar-refractivity contribution is 9.10. The Morgan fingerprint density at radius 2 is 2.18 bits per heavy atom. The molecule has 0 aliphatic heterocycles. The first kappa shape index (κ1) is 14.3. The van der Waals surface area contributed by atoms with Crippen molar-refractivity contribution in [3.63, 3.8) is 0 Å². The van der Waals surface area contributed by atoms with Crippen molar-refractivity contribution >= 4 is 38.4 Å². The minimum Gasteiger partial charge on any atom is -0.493 e. The van der Waals surface area contributed by atoms with Crippen LogP contribution in [0.4, 0.5) is 10.1 Å². The van der Waals surface area contributed by atoms with Crippen molar-refractivity contribution in [3.8, 4) is 5.88 Å². The van der Waals surface area contributed by atoms with Gasteiger partial charge in [-0.25, -0.2) is 4.39 Å². The van der Waals surface area contributed by atoms with Crippen LogP contribution in [0.15, 0.2) is 51.2 Å². The number of halogens is 2. The molecule has 0 spiro atoms. The third kappa shape index (κ3) is 2.60. The second-order valence-corrected chi connectivity index (χ2v) is 5.21. The van der Waals surface area contributed by atoms with Crippen LogP contribution in [0, 0.1) is 5.82 Å². The number of hydrogen-bond donors (Lipinski definition) is 2. The van der Waals surface area contributed by atoms with Crippen molar-refractivity contribution in [2.24, 2.45) is 10.2 Å². The monoisotopic (exact) mass is 362 g/mol. The molecule has 1 aromatic carbocycles. The summed E-state index contributed by atoms with van der Waals surface area (Å²) in [7, 11) is 0. The second kappa shape index (κ2) is 5.64. The van der Waals surface area contributed by atoms with Gasteiger partial charge in [-0.2, -0.15) is 0 Å². The number of hydrogen-bond acceptors (Lipinski definition) is 4. The number of nitrogens with zero attached hydrogens (tertiary/aromatic N) is 3. The number of aromatic hydroxyl groups is 1. The average molecular weight is 363 g/mol. The van der Waals surface area contributed by atoms with E-state index in [0.717, 1.165) is 0 Å². The Bertz CT molecular complexity index is 893. The smallest absolute Gasteiger partial charge is 0.313 e. The van der Waals surface area contributed by atoms with Crippen molar-refractivity contribution in [2.75, 3.05) is 0 Å². The third-order valence-electron chi connectivity index (χ3n) is 2.90. The summed E-state index contributed by atoms with van der Waals surface area (Å²) in [6.07, 6.45) is 1.46. The number of azo groups is 1. The first-order valence-corrected chi connectivity index (χ1v) is 6.92. The minimum absolute atomic E-state index is 0.0144. The molecule has 2 aromatic heterocycles. The van der Waals surface area contributed by atoms with Crippen LogP contribution in [-0.4, -0.2) is 21.0 Å². The number of aromatic nitrogens is 2. The van der Waals surface area contributed by atoms with Gasteiger partial charge < -0.3 is 10.1 Å². The molecule has 0 fully saturated rings. The maximum absolute atomic E-state index is 13.5. The molecule has 110 valence electrons. The lowest BCUT2D eigenvalue weighted by molar-refractivity contribution is 0.0990. The zero-order valence-corrected chi connectivity index (χ0v) is 12.5. The number of nitrogens with one attached hydrogen (secondary N) is 1. The summed E-state index contributed by atoms with van der Waals surface area (Å²) in [5.74, 6) is -1.48. The SMILES string of the molecule is O=C(N=Nc1c(O)[nH]c2c(Br)cc(F)cc12)c1ccccn1. The number of H-pyrrole nitrogens is 1. The molecule has 0 aliphatic carbocycles. The number of rotatable bonds is 2. The molecular weight excluding hydrogens is 355 g/mol. The number of pyridine rings is 1. The van der Waals surface area contributed by atoms with Crippen LogP contribution in [0.3, 0.4) is 0 Å². The molecule has 22 heavy (non-hydrogen) atoms. The Morgan fingerprint density at radius 1 is 1.36 bits per heavy atom. The van der Waals surface area contributed by atoms with E-state index in [1.807, 2.05) is 0 Å². The summed E-state index contributed by atoms with van der Waals surface area (Å²) in [4.78, 5) is 18.3. The average Bonchev–Trinajstić information content (AvgIpc) is 2.82. The van der Waals surface area contributed by atoms with Crippen LogP contribution in [0.1, 0.15) is 10.5 Å². The first-order chi connectivity index (χ1) is 10.6. The molecule has 3 rings (SSSR count). The summed E-state index contributed by atoms with van der Waals surface area (Å²) >= 11 is 3.18. The quantitative estimate of drug-likeness (QED) is 0.672. The van der Waals surface area contributed by atoms with Crippen LogP contribution >= 0.6 is 15.9 Å². The molecule has 0 unspecified atom stereocenters. The van der Waals surface area contributed by atoms with Crippen molar-refractivity contribution in [1.29, 1.82) is 0 Å². The number of carbonyl (C=O) groups excluding carboxylic acids is 1. The first-order valence-electron chi connectivity index (χ1n) is 6.13.